The molecule has 2 heterocycles. The Bertz CT molecular complexity index is 1730. The number of fused-ring (bicyclic) bond motifs is 2. The summed E-state index contributed by atoms with van der Waals surface area (Å²) in [6.07, 6.45) is 1.34. The van der Waals surface area contributed by atoms with E-state index in [0.717, 1.165) is 21.2 Å². The van der Waals surface area contributed by atoms with Crippen LogP contribution in [0.15, 0.2) is 78.4 Å². The third kappa shape index (κ3) is 4.56. The van der Waals surface area contributed by atoms with Gasteiger partial charge in [-0.15, -0.1) is 0 Å². The molecule has 6 rings (SSSR count). The van der Waals surface area contributed by atoms with Crippen LogP contribution in [0.4, 0.5) is 10.5 Å². The molecule has 1 saturated heterocycles. The molecule has 0 bridgehead atoms. The first-order chi connectivity index (χ1) is 19.4. The molecule has 4 amide bonds. The Balaban J connectivity index is 1.29. The summed E-state index contributed by atoms with van der Waals surface area (Å²) >= 11 is 6.58. The van der Waals surface area contributed by atoms with E-state index in [2.05, 4.69) is 5.32 Å². The molecule has 0 saturated carbocycles. The molecule has 0 unspecified atom stereocenters. The zero-order valence-electron chi connectivity index (χ0n) is 21.1. The zero-order chi connectivity index (χ0) is 27.8. The molecule has 4 aromatic rings. The van der Waals surface area contributed by atoms with Crippen molar-refractivity contribution in [1.82, 2.24) is 5.32 Å². The molecule has 200 valence electrons. The van der Waals surface area contributed by atoms with Gasteiger partial charge < -0.3 is 18.9 Å². The molecule has 0 aromatic heterocycles. The second-order valence-electron chi connectivity index (χ2n) is 8.96. The van der Waals surface area contributed by atoms with Gasteiger partial charge in [-0.25, -0.2) is 9.69 Å². The molecule has 4 aromatic carbocycles. The highest BCUT2D eigenvalue weighted by molar-refractivity contribution is 6.39. The maximum absolute atomic E-state index is 13.3. The molecule has 0 atom stereocenters. The predicted octanol–water partition coefficient (Wildman–Crippen LogP) is 5.48. The Morgan fingerprint density at radius 1 is 0.975 bits per heavy atom. The van der Waals surface area contributed by atoms with Gasteiger partial charge >= 0.3 is 6.03 Å². The summed E-state index contributed by atoms with van der Waals surface area (Å²) in [7, 11) is 1.46. The lowest BCUT2D eigenvalue weighted by Gasteiger charge is -2.26. The van der Waals surface area contributed by atoms with Crippen LogP contribution in [0.3, 0.4) is 0 Å². The van der Waals surface area contributed by atoms with Gasteiger partial charge in [0.2, 0.25) is 6.79 Å². The number of anilines is 1. The highest BCUT2D eigenvalue weighted by Crippen LogP contribution is 2.39. The number of hydrogen-bond acceptors (Lipinski definition) is 7. The highest BCUT2D eigenvalue weighted by atomic mass is 35.5. The Morgan fingerprint density at radius 2 is 1.77 bits per heavy atom. The molecule has 10 heteroatoms. The van der Waals surface area contributed by atoms with Gasteiger partial charge in [-0.1, -0.05) is 54.1 Å². The van der Waals surface area contributed by atoms with E-state index >= 15 is 0 Å². The van der Waals surface area contributed by atoms with Crippen LogP contribution >= 0.6 is 11.6 Å². The zero-order valence-corrected chi connectivity index (χ0v) is 21.9. The number of imide groups is 2. The first kappa shape index (κ1) is 25.3. The quantitative estimate of drug-likeness (QED) is 0.248. The van der Waals surface area contributed by atoms with Crippen molar-refractivity contribution in [1.29, 1.82) is 0 Å². The Labute approximate surface area is 233 Å². The fourth-order valence-electron chi connectivity index (χ4n) is 4.61. The first-order valence-electron chi connectivity index (χ1n) is 12.2. The smallest absolute Gasteiger partial charge is 0.335 e. The fourth-order valence-corrected chi connectivity index (χ4v) is 4.89. The largest absolute Gasteiger partial charge is 0.493 e. The van der Waals surface area contributed by atoms with Gasteiger partial charge in [0.25, 0.3) is 11.8 Å². The summed E-state index contributed by atoms with van der Waals surface area (Å²) in [5, 5.41) is 4.57. The van der Waals surface area contributed by atoms with Gasteiger partial charge in [0.1, 0.15) is 12.2 Å². The van der Waals surface area contributed by atoms with Crippen LogP contribution in [0.1, 0.15) is 11.1 Å². The number of amides is 4. The van der Waals surface area contributed by atoms with Crippen molar-refractivity contribution in [2.24, 2.45) is 0 Å². The number of ether oxygens (including phenoxy) is 4. The van der Waals surface area contributed by atoms with Crippen molar-refractivity contribution in [3.05, 3.63) is 94.5 Å². The van der Waals surface area contributed by atoms with Crippen LogP contribution in [0.5, 0.6) is 23.0 Å². The SMILES string of the molecule is COc1cc(/C=C2\C(=O)NC(=O)N(c3ccc4c(c3)OCO4)C2=O)cc(Cl)c1OCc1cccc2ccccc12. The molecule has 0 spiro atoms. The van der Waals surface area contributed by atoms with Crippen molar-refractivity contribution < 1.29 is 33.3 Å². The predicted molar refractivity (Wildman–Crippen MR) is 148 cm³/mol. The third-order valence-corrected chi connectivity index (χ3v) is 6.81. The van der Waals surface area contributed by atoms with E-state index in [1.807, 2.05) is 42.5 Å². The lowest BCUT2D eigenvalue weighted by atomic mass is 10.1. The van der Waals surface area contributed by atoms with Crippen LogP contribution in [-0.4, -0.2) is 31.7 Å². The van der Waals surface area contributed by atoms with Crippen LogP contribution < -0.4 is 29.2 Å². The minimum Gasteiger partial charge on any atom is -0.493 e. The molecular weight excluding hydrogens is 536 g/mol. The van der Waals surface area contributed by atoms with Gasteiger partial charge in [0.15, 0.2) is 23.0 Å². The van der Waals surface area contributed by atoms with Gasteiger partial charge in [0.05, 0.1) is 17.8 Å². The Hall–Kier alpha value is -5.02. The first-order valence-corrected chi connectivity index (χ1v) is 12.6. The van der Waals surface area contributed by atoms with E-state index in [9.17, 15) is 14.4 Å². The van der Waals surface area contributed by atoms with Gasteiger partial charge in [-0.05, 0) is 52.2 Å². The topological polar surface area (TPSA) is 103 Å². The summed E-state index contributed by atoms with van der Waals surface area (Å²) in [6.45, 7) is 0.276. The van der Waals surface area contributed by atoms with Crippen LogP contribution in [-0.2, 0) is 16.2 Å². The van der Waals surface area contributed by atoms with Gasteiger partial charge in [0, 0.05) is 6.07 Å². The van der Waals surface area contributed by atoms with Crippen LogP contribution in [0.25, 0.3) is 16.8 Å². The molecule has 9 nitrogen and oxygen atoms in total. The molecule has 0 radical (unpaired) electrons. The molecule has 0 aliphatic carbocycles. The summed E-state index contributed by atoms with van der Waals surface area (Å²) in [5.74, 6) is -0.138. The second-order valence-corrected chi connectivity index (χ2v) is 9.36. The highest BCUT2D eigenvalue weighted by Gasteiger charge is 2.37. The number of rotatable bonds is 6. The van der Waals surface area contributed by atoms with Crippen molar-refractivity contribution >= 4 is 52.0 Å². The number of methoxy groups -OCH3 is 1. The number of carbonyl (C=O) groups excluding carboxylic acids is 3. The van der Waals surface area contributed by atoms with Crippen molar-refractivity contribution in [2.75, 3.05) is 18.8 Å². The van der Waals surface area contributed by atoms with E-state index in [1.54, 1.807) is 18.2 Å². The van der Waals surface area contributed by atoms with Crippen molar-refractivity contribution in [2.45, 2.75) is 6.61 Å². The lowest BCUT2D eigenvalue weighted by Crippen LogP contribution is -2.54. The number of halogens is 1. The minimum atomic E-state index is -0.876. The molecular formula is C30H21ClN2O7. The molecule has 40 heavy (non-hydrogen) atoms. The number of hydrogen-bond donors (Lipinski definition) is 1. The average Bonchev–Trinajstić information content (AvgIpc) is 3.42. The standard InChI is InChI=1S/C30H21ClN2O7/c1-37-26-13-17(12-23(31)27(26)38-15-19-7-4-6-18-5-2-3-8-21(18)19)11-22-28(34)32-30(36)33(29(22)35)20-9-10-24-25(14-20)40-16-39-24/h2-14H,15-16H2,1H3,(H,32,34,36)/b22-11+. The van der Waals surface area contributed by atoms with E-state index in [1.165, 1.54) is 25.3 Å². The normalized spacial score (nSPS) is 15.5. The summed E-state index contributed by atoms with van der Waals surface area (Å²) in [4.78, 5) is 39.5. The van der Waals surface area contributed by atoms with Crippen molar-refractivity contribution in [3.8, 4) is 23.0 Å². The number of urea groups is 1. The monoisotopic (exact) mass is 556 g/mol. The summed E-state index contributed by atoms with van der Waals surface area (Å²) < 4.78 is 22.2. The molecule has 1 fully saturated rings. The van der Waals surface area contributed by atoms with Crippen LogP contribution in [0, 0.1) is 0 Å². The van der Waals surface area contributed by atoms with E-state index < -0.39 is 17.8 Å². The molecule has 2 aliphatic heterocycles. The fraction of sp³-hybridized carbons (Fsp3) is 0.100. The van der Waals surface area contributed by atoms with E-state index in [0.29, 0.717) is 28.6 Å². The van der Waals surface area contributed by atoms with Crippen LogP contribution in [0.2, 0.25) is 5.02 Å². The number of benzene rings is 4. The summed E-state index contributed by atoms with van der Waals surface area (Å²) in [6, 6.07) is 20.8. The maximum Gasteiger partial charge on any atom is 0.335 e. The number of nitrogens with one attached hydrogen (secondary N) is 1. The minimum absolute atomic E-state index is 0.0345. The molecule has 2 aliphatic rings. The maximum atomic E-state index is 13.3. The average molecular weight is 557 g/mol. The Morgan fingerprint density at radius 3 is 2.62 bits per heavy atom. The lowest BCUT2D eigenvalue weighted by molar-refractivity contribution is -0.122. The molecule has 1 N–H and O–H groups in total. The van der Waals surface area contributed by atoms with Gasteiger partial charge in [-0.3, -0.25) is 14.9 Å². The number of barbiturate groups is 1. The number of nitrogens with zero attached hydrogens (tertiary/aromatic N) is 1. The van der Waals surface area contributed by atoms with E-state index in [4.69, 9.17) is 30.5 Å². The van der Waals surface area contributed by atoms with E-state index in [-0.39, 0.29) is 29.7 Å². The van der Waals surface area contributed by atoms with Crippen molar-refractivity contribution in [3.63, 3.8) is 0 Å². The van der Waals surface area contributed by atoms with Gasteiger partial charge in [-0.2, -0.15) is 0 Å². The third-order valence-electron chi connectivity index (χ3n) is 6.53. The second kappa shape index (κ2) is 10.3. The Kier molecular flexibility index (Phi) is 6.49. The number of carbonyl (C=O) groups is 3. The summed E-state index contributed by atoms with van der Waals surface area (Å²) in [5.41, 5.74) is 1.33.